The Morgan fingerprint density at radius 3 is 2.36 bits per heavy atom. The van der Waals surface area contributed by atoms with Crippen LogP contribution in [-0.4, -0.2) is 27.4 Å². The highest BCUT2D eigenvalue weighted by atomic mass is 16.4. The smallest absolute Gasteiger partial charge is 0.405 e. The lowest BCUT2D eigenvalue weighted by atomic mass is 9.74. The molecule has 0 heterocycles. The van der Waals surface area contributed by atoms with E-state index in [1.54, 1.807) is 0 Å². The Hall–Kier alpha value is -0.770. The number of nitrogens with one attached hydrogen (secondary N) is 1. The van der Waals surface area contributed by atoms with Gasteiger partial charge in [0.2, 0.25) is 0 Å². The maximum absolute atomic E-state index is 10.3. The van der Waals surface area contributed by atoms with E-state index in [0.717, 1.165) is 12.8 Å². The summed E-state index contributed by atoms with van der Waals surface area (Å²) in [7, 11) is 0. The molecule has 62 valence electrons. The molecule has 0 aromatic heterocycles. The number of hydrogen-bond acceptors (Lipinski definition) is 2. The zero-order valence-electron chi connectivity index (χ0n) is 6.13. The van der Waals surface area contributed by atoms with Crippen LogP contribution in [0.5, 0.6) is 0 Å². The van der Waals surface area contributed by atoms with E-state index in [1.807, 2.05) is 0 Å². The molecule has 3 rings (SSSR count). The second kappa shape index (κ2) is 1.69. The molecule has 1 amide bonds. The number of aliphatic hydroxyl groups is 1. The summed E-state index contributed by atoms with van der Waals surface area (Å²) < 4.78 is 0. The Bertz CT molecular complexity index is 208. The van der Waals surface area contributed by atoms with Gasteiger partial charge in [-0.25, -0.2) is 4.79 Å². The van der Waals surface area contributed by atoms with Gasteiger partial charge in [-0.05, 0) is 25.7 Å². The summed E-state index contributed by atoms with van der Waals surface area (Å²) >= 11 is 0. The molecule has 2 bridgehead atoms. The molecule has 3 aliphatic carbocycles. The third-order valence-electron chi connectivity index (χ3n) is 2.78. The minimum atomic E-state index is -0.978. The first-order valence-corrected chi connectivity index (χ1v) is 3.77. The van der Waals surface area contributed by atoms with Crippen molar-refractivity contribution in [2.75, 3.05) is 0 Å². The van der Waals surface area contributed by atoms with Crippen molar-refractivity contribution < 1.29 is 15.0 Å². The molecule has 3 aliphatic rings. The van der Waals surface area contributed by atoms with E-state index in [-0.39, 0.29) is 5.54 Å². The highest BCUT2D eigenvalue weighted by Crippen LogP contribution is 2.54. The molecule has 0 saturated heterocycles. The largest absolute Gasteiger partial charge is 0.465 e. The fourth-order valence-corrected chi connectivity index (χ4v) is 2.41. The molecule has 4 nitrogen and oxygen atoms in total. The van der Waals surface area contributed by atoms with Crippen molar-refractivity contribution in [3.8, 4) is 0 Å². The Kier molecular flexibility index (Phi) is 1.06. The van der Waals surface area contributed by atoms with Gasteiger partial charge in [0.25, 0.3) is 0 Å². The molecule has 0 radical (unpaired) electrons. The van der Waals surface area contributed by atoms with Crippen LogP contribution in [0.15, 0.2) is 0 Å². The molecule has 4 heteroatoms. The number of carbonyl (C=O) groups is 1. The first kappa shape index (κ1) is 6.91. The Morgan fingerprint density at radius 2 is 2.00 bits per heavy atom. The third kappa shape index (κ3) is 0.894. The van der Waals surface area contributed by atoms with E-state index in [4.69, 9.17) is 5.11 Å². The Labute approximate surface area is 64.2 Å². The van der Waals surface area contributed by atoms with Crippen LogP contribution in [-0.2, 0) is 0 Å². The zero-order valence-corrected chi connectivity index (χ0v) is 6.13. The standard InChI is InChI=1S/C7H11NO3/c9-5(10)8-6-1-2-7(11,3-6)4-6/h8,11H,1-4H2,(H,9,10). The van der Waals surface area contributed by atoms with Crippen LogP contribution in [0.25, 0.3) is 0 Å². The minimum absolute atomic E-state index is 0.277. The Morgan fingerprint density at radius 1 is 1.36 bits per heavy atom. The minimum Gasteiger partial charge on any atom is -0.465 e. The van der Waals surface area contributed by atoms with Gasteiger partial charge in [0.05, 0.1) is 5.60 Å². The van der Waals surface area contributed by atoms with Crippen molar-refractivity contribution in [3.05, 3.63) is 0 Å². The summed E-state index contributed by atoms with van der Waals surface area (Å²) in [5, 5.41) is 20.4. The summed E-state index contributed by atoms with van der Waals surface area (Å²) in [6.07, 6.45) is 1.76. The maximum Gasteiger partial charge on any atom is 0.405 e. The normalized spacial score (nSPS) is 46.6. The zero-order chi connectivity index (χ0) is 8.11. The van der Waals surface area contributed by atoms with Gasteiger partial charge in [-0.3, -0.25) is 0 Å². The molecule has 0 atom stereocenters. The van der Waals surface area contributed by atoms with E-state index in [2.05, 4.69) is 5.32 Å². The van der Waals surface area contributed by atoms with Gasteiger partial charge >= 0.3 is 6.09 Å². The molecule has 0 aromatic rings. The highest BCUT2D eigenvalue weighted by Gasteiger charge is 2.60. The topological polar surface area (TPSA) is 69.6 Å². The van der Waals surface area contributed by atoms with Gasteiger partial charge in [-0.2, -0.15) is 0 Å². The molecular weight excluding hydrogens is 146 g/mol. The predicted molar refractivity (Wildman–Crippen MR) is 37.3 cm³/mol. The molecule has 0 aliphatic heterocycles. The molecule has 11 heavy (non-hydrogen) atoms. The second-order valence-electron chi connectivity index (χ2n) is 3.79. The quantitative estimate of drug-likeness (QED) is 0.513. The average Bonchev–Trinajstić information content (AvgIpc) is 2.17. The average molecular weight is 157 g/mol. The molecule has 0 aromatic carbocycles. The molecule has 0 unspecified atom stereocenters. The van der Waals surface area contributed by atoms with Gasteiger partial charge in [0.1, 0.15) is 0 Å². The van der Waals surface area contributed by atoms with Crippen LogP contribution >= 0.6 is 0 Å². The molecule has 3 N–H and O–H groups in total. The van der Waals surface area contributed by atoms with Crippen LogP contribution in [0, 0.1) is 0 Å². The van der Waals surface area contributed by atoms with Crippen LogP contribution in [0.4, 0.5) is 4.79 Å². The van der Waals surface area contributed by atoms with Crippen LogP contribution in [0.3, 0.4) is 0 Å². The lowest BCUT2D eigenvalue weighted by molar-refractivity contribution is -0.0410. The second-order valence-corrected chi connectivity index (χ2v) is 3.79. The summed E-state index contributed by atoms with van der Waals surface area (Å²) in [6.45, 7) is 0. The lowest BCUT2D eigenvalue weighted by Gasteiger charge is -2.43. The Balaban J connectivity index is 2.02. The first-order chi connectivity index (χ1) is 5.04. The number of fused-ring (bicyclic) bond motifs is 1. The van der Waals surface area contributed by atoms with Crippen molar-refractivity contribution in [2.45, 2.75) is 36.8 Å². The number of carboxylic acid groups (broad SMARTS) is 1. The van der Waals surface area contributed by atoms with Crippen molar-refractivity contribution in [1.29, 1.82) is 0 Å². The summed E-state index contributed by atoms with van der Waals surface area (Å²) in [5.41, 5.74) is -0.816. The SMILES string of the molecule is O=C(O)NC12CCC(O)(C1)C2. The predicted octanol–water partition coefficient (Wildman–Crippen LogP) is 0.311. The summed E-state index contributed by atoms with van der Waals surface area (Å²) in [6, 6.07) is 0. The maximum atomic E-state index is 10.3. The fraction of sp³-hybridized carbons (Fsp3) is 0.857. The van der Waals surface area contributed by atoms with Crippen molar-refractivity contribution in [1.82, 2.24) is 5.32 Å². The van der Waals surface area contributed by atoms with E-state index < -0.39 is 11.7 Å². The monoisotopic (exact) mass is 157 g/mol. The molecule has 3 fully saturated rings. The summed E-state index contributed by atoms with van der Waals surface area (Å²) in [4.78, 5) is 10.3. The third-order valence-corrected chi connectivity index (χ3v) is 2.78. The van der Waals surface area contributed by atoms with Crippen LogP contribution < -0.4 is 5.32 Å². The number of hydrogen-bond donors (Lipinski definition) is 3. The van der Waals surface area contributed by atoms with E-state index in [9.17, 15) is 9.90 Å². The summed E-state index contributed by atoms with van der Waals surface area (Å²) in [5.74, 6) is 0. The molecule has 3 saturated carbocycles. The first-order valence-electron chi connectivity index (χ1n) is 3.77. The van der Waals surface area contributed by atoms with E-state index in [1.165, 1.54) is 0 Å². The highest BCUT2D eigenvalue weighted by molar-refractivity contribution is 5.66. The number of rotatable bonds is 1. The molecular formula is C7H11NO3. The van der Waals surface area contributed by atoms with Crippen LogP contribution in [0.1, 0.15) is 25.7 Å². The van der Waals surface area contributed by atoms with E-state index in [0.29, 0.717) is 12.8 Å². The van der Waals surface area contributed by atoms with Crippen molar-refractivity contribution in [2.24, 2.45) is 0 Å². The van der Waals surface area contributed by atoms with Crippen molar-refractivity contribution >= 4 is 6.09 Å². The van der Waals surface area contributed by atoms with Crippen molar-refractivity contribution in [3.63, 3.8) is 0 Å². The van der Waals surface area contributed by atoms with Gasteiger partial charge in [-0.15, -0.1) is 0 Å². The van der Waals surface area contributed by atoms with Gasteiger partial charge in [-0.1, -0.05) is 0 Å². The van der Waals surface area contributed by atoms with Crippen LogP contribution in [0.2, 0.25) is 0 Å². The van der Waals surface area contributed by atoms with Gasteiger partial charge < -0.3 is 15.5 Å². The fourth-order valence-electron chi connectivity index (χ4n) is 2.41. The molecule has 0 spiro atoms. The van der Waals surface area contributed by atoms with Gasteiger partial charge in [0, 0.05) is 5.54 Å². The van der Waals surface area contributed by atoms with Gasteiger partial charge in [0.15, 0.2) is 0 Å². The van der Waals surface area contributed by atoms with E-state index >= 15 is 0 Å². The number of amides is 1. The lowest BCUT2D eigenvalue weighted by Crippen LogP contribution is -2.58.